The van der Waals surface area contributed by atoms with E-state index < -0.39 is 0 Å². The zero-order chi connectivity index (χ0) is 12.3. The van der Waals surface area contributed by atoms with E-state index in [0.717, 1.165) is 12.3 Å². The fourth-order valence-electron chi connectivity index (χ4n) is 2.21. The van der Waals surface area contributed by atoms with Gasteiger partial charge in [-0.2, -0.15) is 0 Å². The standard InChI is InChI=1S/C15H23NO/c1-4-15(9-10-15)11-16-12(2)13-5-7-14(17-3)8-6-13/h5-8,12,16H,4,9-11H2,1-3H3. The SMILES string of the molecule is CCC1(CNC(C)c2ccc(OC)cc2)CC1. The van der Waals surface area contributed by atoms with Crippen molar-refractivity contribution >= 4 is 0 Å². The minimum atomic E-state index is 0.421. The number of hydrogen-bond acceptors (Lipinski definition) is 2. The highest BCUT2D eigenvalue weighted by Gasteiger charge is 2.40. The van der Waals surface area contributed by atoms with Crippen LogP contribution in [-0.4, -0.2) is 13.7 Å². The molecule has 1 fully saturated rings. The van der Waals surface area contributed by atoms with E-state index in [1.54, 1.807) is 7.11 Å². The molecule has 0 aromatic heterocycles. The molecule has 0 radical (unpaired) electrons. The van der Waals surface area contributed by atoms with Crippen molar-refractivity contribution in [1.82, 2.24) is 5.32 Å². The molecule has 0 bridgehead atoms. The molecule has 1 aliphatic rings. The lowest BCUT2D eigenvalue weighted by molar-refractivity contribution is 0.410. The minimum Gasteiger partial charge on any atom is -0.497 e. The van der Waals surface area contributed by atoms with Gasteiger partial charge in [-0.25, -0.2) is 0 Å². The van der Waals surface area contributed by atoms with Crippen LogP contribution in [0.2, 0.25) is 0 Å². The van der Waals surface area contributed by atoms with Crippen molar-refractivity contribution < 1.29 is 4.74 Å². The van der Waals surface area contributed by atoms with Crippen LogP contribution >= 0.6 is 0 Å². The number of methoxy groups -OCH3 is 1. The van der Waals surface area contributed by atoms with Crippen molar-refractivity contribution in [3.05, 3.63) is 29.8 Å². The molecule has 1 aliphatic carbocycles. The molecule has 0 spiro atoms. The zero-order valence-electron chi connectivity index (χ0n) is 11.1. The Bertz CT molecular complexity index is 354. The summed E-state index contributed by atoms with van der Waals surface area (Å²) in [5.74, 6) is 0.924. The largest absolute Gasteiger partial charge is 0.497 e. The third-order valence-corrected chi connectivity index (χ3v) is 4.11. The summed E-state index contributed by atoms with van der Waals surface area (Å²) in [4.78, 5) is 0. The van der Waals surface area contributed by atoms with E-state index in [1.807, 2.05) is 12.1 Å². The fraction of sp³-hybridized carbons (Fsp3) is 0.600. The highest BCUT2D eigenvalue weighted by molar-refractivity contribution is 5.28. The summed E-state index contributed by atoms with van der Waals surface area (Å²) in [5, 5.41) is 3.65. The summed E-state index contributed by atoms with van der Waals surface area (Å²) in [5.41, 5.74) is 1.94. The molecule has 1 atom stereocenters. The zero-order valence-corrected chi connectivity index (χ0v) is 11.1. The van der Waals surface area contributed by atoms with Crippen LogP contribution in [0.4, 0.5) is 0 Å². The molecule has 0 aliphatic heterocycles. The van der Waals surface area contributed by atoms with Crippen molar-refractivity contribution in [2.45, 2.75) is 39.2 Å². The Labute approximate surface area is 104 Å². The monoisotopic (exact) mass is 233 g/mol. The summed E-state index contributed by atoms with van der Waals surface area (Å²) in [6.45, 7) is 5.68. The van der Waals surface area contributed by atoms with Crippen LogP contribution in [0, 0.1) is 5.41 Å². The molecule has 2 heteroatoms. The molecule has 1 aromatic rings. The van der Waals surface area contributed by atoms with E-state index in [2.05, 4.69) is 31.3 Å². The Kier molecular flexibility index (Phi) is 3.72. The summed E-state index contributed by atoms with van der Waals surface area (Å²) >= 11 is 0. The van der Waals surface area contributed by atoms with Crippen LogP contribution in [0.1, 0.15) is 44.7 Å². The highest BCUT2D eigenvalue weighted by atomic mass is 16.5. The average molecular weight is 233 g/mol. The molecule has 1 unspecified atom stereocenters. The van der Waals surface area contributed by atoms with Crippen LogP contribution in [-0.2, 0) is 0 Å². The number of nitrogens with one attached hydrogen (secondary N) is 1. The van der Waals surface area contributed by atoms with Gasteiger partial charge in [-0.05, 0) is 49.3 Å². The van der Waals surface area contributed by atoms with Gasteiger partial charge in [0.05, 0.1) is 7.11 Å². The lowest BCUT2D eigenvalue weighted by Gasteiger charge is -2.19. The fourth-order valence-corrected chi connectivity index (χ4v) is 2.21. The van der Waals surface area contributed by atoms with Crippen LogP contribution in [0.5, 0.6) is 5.75 Å². The van der Waals surface area contributed by atoms with Crippen molar-refractivity contribution in [3.8, 4) is 5.75 Å². The van der Waals surface area contributed by atoms with Crippen LogP contribution < -0.4 is 10.1 Å². The number of ether oxygens (including phenoxy) is 1. The van der Waals surface area contributed by atoms with Gasteiger partial charge in [0, 0.05) is 12.6 Å². The maximum atomic E-state index is 5.17. The second-order valence-corrected chi connectivity index (χ2v) is 5.23. The molecule has 1 N–H and O–H groups in total. The molecular weight excluding hydrogens is 210 g/mol. The Morgan fingerprint density at radius 2 is 1.94 bits per heavy atom. The Morgan fingerprint density at radius 3 is 2.41 bits per heavy atom. The van der Waals surface area contributed by atoms with Crippen molar-refractivity contribution in [2.75, 3.05) is 13.7 Å². The molecule has 1 saturated carbocycles. The molecule has 94 valence electrons. The van der Waals surface area contributed by atoms with Gasteiger partial charge in [0.25, 0.3) is 0 Å². The summed E-state index contributed by atoms with van der Waals surface area (Å²) in [6.07, 6.45) is 4.09. The van der Waals surface area contributed by atoms with Gasteiger partial charge in [-0.1, -0.05) is 19.1 Å². The van der Waals surface area contributed by atoms with Gasteiger partial charge in [0.1, 0.15) is 5.75 Å². The lowest BCUT2D eigenvalue weighted by Crippen LogP contribution is -2.26. The quantitative estimate of drug-likeness (QED) is 0.811. The third kappa shape index (κ3) is 3.01. The third-order valence-electron chi connectivity index (χ3n) is 4.11. The summed E-state index contributed by atoms with van der Waals surface area (Å²) in [7, 11) is 1.70. The predicted molar refractivity (Wildman–Crippen MR) is 71.4 cm³/mol. The number of benzene rings is 1. The van der Waals surface area contributed by atoms with Gasteiger partial charge in [-0.15, -0.1) is 0 Å². The van der Waals surface area contributed by atoms with E-state index in [-0.39, 0.29) is 0 Å². The predicted octanol–water partition coefficient (Wildman–Crippen LogP) is 3.54. The molecular formula is C15H23NO. The lowest BCUT2D eigenvalue weighted by atomic mass is 10.0. The van der Waals surface area contributed by atoms with Gasteiger partial charge < -0.3 is 10.1 Å². The van der Waals surface area contributed by atoms with E-state index in [9.17, 15) is 0 Å². The van der Waals surface area contributed by atoms with E-state index in [0.29, 0.717) is 11.5 Å². The first kappa shape index (κ1) is 12.4. The smallest absolute Gasteiger partial charge is 0.118 e. The maximum Gasteiger partial charge on any atom is 0.118 e. The van der Waals surface area contributed by atoms with Crippen molar-refractivity contribution in [1.29, 1.82) is 0 Å². The second-order valence-electron chi connectivity index (χ2n) is 5.23. The first-order valence-corrected chi connectivity index (χ1v) is 6.56. The van der Waals surface area contributed by atoms with Gasteiger partial charge in [0.2, 0.25) is 0 Å². The van der Waals surface area contributed by atoms with Crippen LogP contribution in [0.25, 0.3) is 0 Å². The molecule has 0 heterocycles. The summed E-state index contributed by atoms with van der Waals surface area (Å²) in [6, 6.07) is 8.76. The molecule has 2 rings (SSSR count). The second kappa shape index (κ2) is 5.09. The Balaban J connectivity index is 1.88. The van der Waals surface area contributed by atoms with E-state index >= 15 is 0 Å². The van der Waals surface area contributed by atoms with Crippen LogP contribution in [0.15, 0.2) is 24.3 Å². The van der Waals surface area contributed by atoms with Crippen molar-refractivity contribution in [2.24, 2.45) is 5.41 Å². The Hall–Kier alpha value is -1.02. The van der Waals surface area contributed by atoms with Crippen LogP contribution in [0.3, 0.4) is 0 Å². The first-order valence-electron chi connectivity index (χ1n) is 6.56. The molecule has 0 amide bonds. The highest BCUT2D eigenvalue weighted by Crippen LogP contribution is 2.48. The first-order chi connectivity index (χ1) is 8.19. The maximum absolute atomic E-state index is 5.17. The van der Waals surface area contributed by atoms with E-state index in [1.165, 1.54) is 24.8 Å². The topological polar surface area (TPSA) is 21.3 Å². The number of hydrogen-bond donors (Lipinski definition) is 1. The minimum absolute atomic E-state index is 0.421. The molecule has 0 saturated heterocycles. The van der Waals surface area contributed by atoms with Crippen molar-refractivity contribution in [3.63, 3.8) is 0 Å². The van der Waals surface area contributed by atoms with E-state index in [4.69, 9.17) is 4.74 Å². The normalized spacial score (nSPS) is 18.8. The average Bonchev–Trinajstić information content (AvgIpc) is 3.17. The molecule has 17 heavy (non-hydrogen) atoms. The molecule has 1 aromatic carbocycles. The van der Waals surface area contributed by atoms with Gasteiger partial charge >= 0.3 is 0 Å². The number of rotatable bonds is 6. The Morgan fingerprint density at radius 1 is 1.29 bits per heavy atom. The van der Waals surface area contributed by atoms with Gasteiger partial charge in [-0.3, -0.25) is 0 Å². The summed E-state index contributed by atoms with van der Waals surface area (Å²) < 4.78 is 5.17. The van der Waals surface area contributed by atoms with Gasteiger partial charge in [0.15, 0.2) is 0 Å². The molecule has 2 nitrogen and oxygen atoms in total.